The van der Waals surface area contributed by atoms with Crippen LogP contribution in [0, 0.1) is 23.6 Å². The molecule has 1 aromatic rings. The molecule has 3 rings (SSSR count). The van der Waals surface area contributed by atoms with E-state index in [1.807, 2.05) is 0 Å². The molecule has 1 heterocycles. The van der Waals surface area contributed by atoms with Crippen molar-refractivity contribution in [3.05, 3.63) is 24.0 Å². The summed E-state index contributed by atoms with van der Waals surface area (Å²) in [6, 6.07) is 4.18. The van der Waals surface area contributed by atoms with Crippen LogP contribution >= 0.6 is 0 Å². The molecule has 1 aromatic carbocycles. The fourth-order valence-corrected chi connectivity index (χ4v) is 3.45. The second-order valence-corrected chi connectivity index (χ2v) is 5.65. The Labute approximate surface area is 116 Å². The summed E-state index contributed by atoms with van der Waals surface area (Å²) in [6.07, 6.45) is 2.41. The van der Waals surface area contributed by atoms with Crippen molar-refractivity contribution in [3.8, 4) is 0 Å². The third kappa shape index (κ3) is 1.72. The van der Waals surface area contributed by atoms with Gasteiger partial charge in [0.15, 0.2) is 0 Å². The maximum absolute atomic E-state index is 13.9. The summed E-state index contributed by atoms with van der Waals surface area (Å²) in [4.78, 5) is 25.9. The Bertz CT molecular complexity index is 543. The Hall–Kier alpha value is -1.91. The van der Waals surface area contributed by atoms with Crippen LogP contribution in [-0.2, 0) is 9.59 Å². The van der Waals surface area contributed by atoms with Gasteiger partial charge in [0.25, 0.3) is 0 Å². The average molecular weight is 276 g/mol. The zero-order valence-electron chi connectivity index (χ0n) is 11.3. The summed E-state index contributed by atoms with van der Waals surface area (Å²) in [7, 11) is 0. The van der Waals surface area contributed by atoms with E-state index in [2.05, 4.69) is 6.92 Å². The first-order chi connectivity index (χ1) is 9.54. The summed E-state index contributed by atoms with van der Waals surface area (Å²) in [6.45, 7) is 2.06. The lowest BCUT2D eigenvalue weighted by atomic mass is 10.00. The van der Waals surface area contributed by atoms with Gasteiger partial charge in [-0.25, -0.2) is 9.29 Å². The van der Waals surface area contributed by atoms with E-state index >= 15 is 0 Å². The maximum atomic E-state index is 13.9. The Morgan fingerprint density at radius 2 is 1.85 bits per heavy atom. The van der Waals surface area contributed by atoms with Crippen molar-refractivity contribution in [2.45, 2.75) is 26.2 Å². The van der Waals surface area contributed by atoms with Crippen molar-refractivity contribution in [2.75, 3.05) is 10.6 Å². The van der Waals surface area contributed by atoms with Gasteiger partial charge in [-0.3, -0.25) is 9.59 Å². The third-order valence-corrected chi connectivity index (χ3v) is 4.55. The SMILES string of the molecule is CCC1CC2C(=O)N(c3c(N)cccc3F)C(=O)C2C1. The van der Waals surface area contributed by atoms with E-state index in [9.17, 15) is 14.0 Å². The van der Waals surface area contributed by atoms with Crippen molar-refractivity contribution in [2.24, 2.45) is 17.8 Å². The molecule has 20 heavy (non-hydrogen) atoms. The first kappa shape index (κ1) is 13.1. The lowest BCUT2D eigenvalue weighted by molar-refractivity contribution is -0.123. The first-order valence-corrected chi connectivity index (χ1v) is 6.96. The van der Waals surface area contributed by atoms with Gasteiger partial charge in [-0.1, -0.05) is 19.4 Å². The van der Waals surface area contributed by atoms with E-state index in [0.29, 0.717) is 5.92 Å². The topological polar surface area (TPSA) is 63.4 Å². The predicted octanol–water partition coefficient (Wildman–Crippen LogP) is 2.33. The largest absolute Gasteiger partial charge is 0.397 e. The number of nitrogen functional groups attached to an aromatic ring is 1. The number of amides is 2. The number of nitrogens with two attached hydrogens (primary N) is 1. The quantitative estimate of drug-likeness (QED) is 0.666. The number of anilines is 2. The number of imide groups is 1. The minimum atomic E-state index is -0.626. The van der Waals surface area contributed by atoms with Crippen LogP contribution in [0.15, 0.2) is 18.2 Å². The summed E-state index contributed by atoms with van der Waals surface area (Å²) >= 11 is 0. The maximum Gasteiger partial charge on any atom is 0.237 e. The highest BCUT2D eigenvalue weighted by molar-refractivity contribution is 6.23. The third-order valence-electron chi connectivity index (χ3n) is 4.55. The van der Waals surface area contributed by atoms with Gasteiger partial charge in [0.2, 0.25) is 11.8 Å². The molecule has 1 aliphatic heterocycles. The van der Waals surface area contributed by atoms with E-state index < -0.39 is 5.82 Å². The van der Waals surface area contributed by atoms with Crippen molar-refractivity contribution in [1.82, 2.24) is 0 Å². The standard InChI is InChI=1S/C15H17FN2O2/c1-2-8-6-9-10(7-8)15(20)18(14(9)19)13-11(16)4-3-5-12(13)17/h3-5,8-10H,2,6-7,17H2,1H3. The molecule has 2 unspecified atom stereocenters. The van der Waals surface area contributed by atoms with Gasteiger partial charge in [0.05, 0.1) is 17.5 Å². The van der Waals surface area contributed by atoms with Crippen LogP contribution in [-0.4, -0.2) is 11.8 Å². The normalized spacial score (nSPS) is 29.1. The molecule has 2 amide bonds. The molecule has 4 nitrogen and oxygen atoms in total. The highest BCUT2D eigenvalue weighted by Gasteiger charge is 2.53. The fraction of sp³-hybridized carbons (Fsp3) is 0.467. The molecule has 0 radical (unpaired) electrons. The van der Waals surface area contributed by atoms with E-state index in [1.165, 1.54) is 18.2 Å². The minimum absolute atomic E-state index is 0.0788. The van der Waals surface area contributed by atoms with Gasteiger partial charge < -0.3 is 5.73 Å². The lowest BCUT2D eigenvalue weighted by Gasteiger charge is -2.19. The molecule has 2 N–H and O–H groups in total. The van der Waals surface area contributed by atoms with Gasteiger partial charge in [0, 0.05) is 0 Å². The van der Waals surface area contributed by atoms with Gasteiger partial charge in [0.1, 0.15) is 11.5 Å². The number of carbonyl (C=O) groups excluding carboxylic acids is 2. The molecule has 5 heteroatoms. The summed E-state index contributed by atoms with van der Waals surface area (Å²) in [5.41, 5.74) is 5.79. The predicted molar refractivity (Wildman–Crippen MR) is 73.3 cm³/mol. The Balaban J connectivity index is 1.98. The molecule has 2 fully saturated rings. The van der Waals surface area contributed by atoms with E-state index in [0.717, 1.165) is 24.2 Å². The summed E-state index contributed by atoms with van der Waals surface area (Å²) in [5, 5.41) is 0. The zero-order chi connectivity index (χ0) is 14.4. The summed E-state index contributed by atoms with van der Waals surface area (Å²) < 4.78 is 13.9. The molecule has 2 aliphatic rings. The number of nitrogens with zero attached hydrogens (tertiary/aromatic N) is 1. The zero-order valence-corrected chi connectivity index (χ0v) is 11.3. The molecule has 0 aromatic heterocycles. The number of para-hydroxylation sites is 1. The van der Waals surface area contributed by atoms with Crippen LogP contribution < -0.4 is 10.6 Å². The number of carbonyl (C=O) groups is 2. The van der Waals surface area contributed by atoms with Crippen LogP contribution in [0.3, 0.4) is 0 Å². The van der Waals surface area contributed by atoms with E-state index in [4.69, 9.17) is 5.73 Å². The Kier molecular flexibility index (Phi) is 3.00. The van der Waals surface area contributed by atoms with Gasteiger partial charge in [-0.05, 0) is 30.9 Å². The molecule has 0 bridgehead atoms. The highest BCUT2D eigenvalue weighted by Crippen LogP contribution is 2.46. The molecular weight excluding hydrogens is 259 g/mol. The number of halogens is 1. The van der Waals surface area contributed by atoms with E-state index in [1.54, 1.807) is 0 Å². The number of rotatable bonds is 2. The molecular formula is C15H17FN2O2. The number of hydrogen-bond donors (Lipinski definition) is 1. The highest BCUT2D eigenvalue weighted by atomic mass is 19.1. The number of hydrogen-bond acceptors (Lipinski definition) is 3. The average Bonchev–Trinajstić information content (AvgIpc) is 2.93. The molecule has 0 spiro atoms. The van der Waals surface area contributed by atoms with Crippen molar-refractivity contribution in [3.63, 3.8) is 0 Å². The Morgan fingerprint density at radius 3 is 2.35 bits per heavy atom. The second-order valence-electron chi connectivity index (χ2n) is 5.65. The van der Waals surface area contributed by atoms with Crippen molar-refractivity contribution >= 4 is 23.2 Å². The molecule has 2 atom stereocenters. The lowest BCUT2D eigenvalue weighted by Crippen LogP contribution is -2.33. The number of fused-ring (bicyclic) bond motifs is 1. The monoisotopic (exact) mass is 276 g/mol. The molecule has 1 saturated heterocycles. The van der Waals surface area contributed by atoms with Gasteiger partial charge in [-0.15, -0.1) is 0 Å². The molecule has 1 aliphatic carbocycles. The fourth-order valence-electron chi connectivity index (χ4n) is 3.45. The molecule has 106 valence electrons. The van der Waals surface area contributed by atoms with Crippen LogP contribution in [0.5, 0.6) is 0 Å². The van der Waals surface area contributed by atoms with Gasteiger partial charge in [-0.2, -0.15) is 0 Å². The van der Waals surface area contributed by atoms with Crippen LogP contribution in [0.2, 0.25) is 0 Å². The number of benzene rings is 1. The van der Waals surface area contributed by atoms with Crippen molar-refractivity contribution in [1.29, 1.82) is 0 Å². The second kappa shape index (κ2) is 4.58. The van der Waals surface area contributed by atoms with Crippen LogP contribution in [0.4, 0.5) is 15.8 Å². The molecule has 1 saturated carbocycles. The minimum Gasteiger partial charge on any atom is -0.397 e. The Morgan fingerprint density at radius 1 is 1.25 bits per heavy atom. The van der Waals surface area contributed by atoms with Crippen LogP contribution in [0.25, 0.3) is 0 Å². The van der Waals surface area contributed by atoms with Gasteiger partial charge >= 0.3 is 0 Å². The van der Waals surface area contributed by atoms with Crippen molar-refractivity contribution < 1.29 is 14.0 Å². The first-order valence-electron chi connectivity index (χ1n) is 6.96. The van der Waals surface area contributed by atoms with E-state index in [-0.39, 0.29) is 35.0 Å². The smallest absolute Gasteiger partial charge is 0.237 e. The van der Waals surface area contributed by atoms with Crippen LogP contribution in [0.1, 0.15) is 26.2 Å². The summed E-state index contributed by atoms with van der Waals surface area (Å²) in [5.74, 6) is -1.41.